The second-order valence-electron chi connectivity index (χ2n) is 30.2. The van der Waals surface area contributed by atoms with Crippen LogP contribution in [0.5, 0.6) is 11.5 Å². The zero-order valence-corrected chi connectivity index (χ0v) is 74.9. The number of methoxy groups -OCH3 is 2. The number of ether oxygens (including phenoxy) is 28. The van der Waals surface area contributed by atoms with Crippen LogP contribution in [0.2, 0.25) is 0 Å². The summed E-state index contributed by atoms with van der Waals surface area (Å²) in [6.45, 7) is 34.8. The molecule has 0 saturated carbocycles. The van der Waals surface area contributed by atoms with Gasteiger partial charge in [0.15, 0.2) is 0 Å². The second kappa shape index (κ2) is 75.4. The number of unbranched alkanes of at least 4 members (excludes halogenated alkanes) is 4. The predicted octanol–water partition coefficient (Wildman–Crippen LogP) is 11.4. The molecule has 0 amide bonds. The lowest BCUT2D eigenvalue weighted by Gasteiger charge is -2.33. The molecule has 698 valence electrons. The molecule has 0 aromatic heterocycles. The van der Waals surface area contributed by atoms with Crippen LogP contribution in [0.4, 0.5) is 0 Å². The first-order valence-electron chi connectivity index (χ1n) is 44.0. The Hall–Kier alpha value is -4.76. The fourth-order valence-electron chi connectivity index (χ4n) is 12.3. The minimum absolute atomic E-state index is 0.170. The Bertz CT molecular complexity index is 2790. The summed E-state index contributed by atoms with van der Waals surface area (Å²) in [6, 6.07) is 21.7. The van der Waals surface area contributed by atoms with Crippen LogP contribution in [0.15, 0.2) is 60.7 Å². The molecule has 3 aromatic rings. The van der Waals surface area contributed by atoms with Crippen molar-refractivity contribution >= 4 is 11.9 Å². The lowest BCUT2D eigenvalue weighted by Crippen LogP contribution is -2.27. The van der Waals surface area contributed by atoms with Crippen LogP contribution in [0, 0.1) is 0 Å². The number of esters is 2. The van der Waals surface area contributed by atoms with Gasteiger partial charge in [-0.2, -0.15) is 0 Å². The van der Waals surface area contributed by atoms with Gasteiger partial charge >= 0.3 is 11.9 Å². The van der Waals surface area contributed by atoms with Crippen molar-refractivity contribution in [2.75, 3.05) is 331 Å². The Labute approximate surface area is 723 Å². The van der Waals surface area contributed by atoms with E-state index in [2.05, 4.69) is 48.5 Å². The van der Waals surface area contributed by atoms with Crippen LogP contribution in [0.25, 0.3) is 22.3 Å². The van der Waals surface area contributed by atoms with Gasteiger partial charge in [0.1, 0.15) is 22.7 Å². The zero-order valence-electron chi connectivity index (χ0n) is 74.9. The number of fused-ring (bicyclic) bond motifs is 3. The molecule has 0 heterocycles. The number of benzene rings is 3. The largest absolute Gasteiger partial charge is 0.494 e. The van der Waals surface area contributed by atoms with Crippen LogP contribution in [-0.2, 0) is 138 Å². The molecular formula is C91H154O30. The molecule has 121 heavy (non-hydrogen) atoms. The third-order valence-corrected chi connectivity index (χ3v) is 18.0. The first-order chi connectivity index (χ1) is 59.2. The summed E-state index contributed by atoms with van der Waals surface area (Å²) in [5, 5.41) is 0. The number of rotatable bonds is 89. The average molecular weight is 1730 g/mol. The lowest BCUT2D eigenvalue weighted by atomic mass is 9.71. The van der Waals surface area contributed by atoms with Gasteiger partial charge < -0.3 is 133 Å². The second-order valence-corrected chi connectivity index (χ2v) is 30.2. The van der Waals surface area contributed by atoms with E-state index in [4.69, 9.17) is 133 Å². The van der Waals surface area contributed by atoms with Gasteiger partial charge in [-0.3, -0.25) is 9.59 Å². The number of hydrogen-bond acceptors (Lipinski definition) is 30. The fourth-order valence-corrected chi connectivity index (χ4v) is 12.3. The first-order valence-corrected chi connectivity index (χ1v) is 44.0. The first kappa shape index (κ1) is 109. The molecule has 1 aliphatic carbocycles. The van der Waals surface area contributed by atoms with Crippen molar-refractivity contribution in [3.05, 3.63) is 71.8 Å². The molecule has 0 aliphatic heterocycles. The average Bonchev–Trinajstić information content (AvgIpc) is 1.56. The maximum atomic E-state index is 12.5. The molecule has 0 saturated heterocycles. The molecule has 30 heteroatoms. The molecule has 0 unspecified atom stereocenters. The molecule has 30 nitrogen and oxygen atoms in total. The molecular weight excluding hydrogens is 1570 g/mol. The van der Waals surface area contributed by atoms with E-state index < -0.39 is 16.6 Å². The van der Waals surface area contributed by atoms with Crippen LogP contribution in [-0.4, -0.2) is 354 Å². The number of carbonyl (C=O) groups excluding carboxylic acids is 2. The molecule has 0 N–H and O–H groups in total. The summed E-state index contributed by atoms with van der Waals surface area (Å²) in [5.41, 5.74) is 5.62. The van der Waals surface area contributed by atoms with Crippen molar-refractivity contribution in [3.8, 4) is 33.8 Å². The summed E-state index contributed by atoms with van der Waals surface area (Å²) in [4.78, 5) is 24.7. The third-order valence-electron chi connectivity index (χ3n) is 18.0. The van der Waals surface area contributed by atoms with Gasteiger partial charge in [0.2, 0.25) is 0 Å². The van der Waals surface area contributed by atoms with Crippen molar-refractivity contribution < 1.29 is 142 Å². The third kappa shape index (κ3) is 59.8. The van der Waals surface area contributed by atoms with Crippen molar-refractivity contribution in [2.45, 2.75) is 135 Å². The smallest absolute Gasteiger partial charge is 0.306 e. The maximum absolute atomic E-state index is 12.5. The van der Waals surface area contributed by atoms with E-state index >= 15 is 0 Å². The molecule has 0 bridgehead atoms. The molecule has 0 atom stereocenters. The lowest BCUT2D eigenvalue weighted by molar-refractivity contribution is -0.156. The predicted molar refractivity (Wildman–Crippen MR) is 458 cm³/mol. The van der Waals surface area contributed by atoms with Gasteiger partial charge in [-0.05, 0) is 169 Å². The van der Waals surface area contributed by atoms with Gasteiger partial charge in [-0.1, -0.05) is 30.3 Å². The fraction of sp³-hybridized carbons (Fsp3) is 0.780. The Morgan fingerprint density at radius 1 is 0.240 bits per heavy atom. The van der Waals surface area contributed by atoms with Crippen molar-refractivity contribution in [3.63, 3.8) is 0 Å². The highest BCUT2D eigenvalue weighted by molar-refractivity contribution is 5.84. The monoisotopic (exact) mass is 1730 g/mol. The SMILES string of the molecule is COCCOCCOCCOCCOCCOCCOCCOCCOCCOCCOCCOCCCC1(CCCOCCOCCOCCOCCOCCOCCOCCOCCOCCOCCOCCOC)c2cc(OCCCCCC(=O)OC(C)(C)C)ccc2-c2ccc(-c3ccc(OCCCCCC(=O)OC(C)(C)C)cc3)cc21. The maximum Gasteiger partial charge on any atom is 0.306 e. The summed E-state index contributed by atoms with van der Waals surface area (Å²) in [6.07, 6.45) is 8.78. The van der Waals surface area contributed by atoms with Gasteiger partial charge in [0.05, 0.1) is 304 Å². The number of hydrogen-bond donors (Lipinski definition) is 0. The molecule has 0 radical (unpaired) electrons. The molecule has 0 spiro atoms. The molecule has 0 fully saturated rings. The normalized spacial score (nSPS) is 12.6. The van der Waals surface area contributed by atoms with Gasteiger partial charge in [0.25, 0.3) is 0 Å². The van der Waals surface area contributed by atoms with E-state index in [-0.39, 0.29) is 11.9 Å². The minimum atomic E-state index is -0.512. The molecule has 4 rings (SSSR count). The topological polar surface area (TPSA) is 293 Å². The highest BCUT2D eigenvalue weighted by Gasteiger charge is 2.43. The summed E-state index contributed by atoms with van der Waals surface area (Å²) < 4.78 is 158. The van der Waals surface area contributed by atoms with E-state index in [1.165, 1.54) is 22.3 Å². The Kier molecular flexibility index (Phi) is 67.6. The standard InChI is InChI=1S/C91H154O30/c1-89(2,3)120-87(92)17-11-9-13-31-118-81-22-19-79(20-23-81)80-21-25-83-84-26-24-82(119-32-14-10-12-18-88(93)121-90(4,5)6)78-86(84)91(85(83)77-80,27-15-29-96-37-39-100-45-47-104-53-55-108-61-63-112-69-71-116-75-73-114-67-65-110-59-57-106-51-49-102-43-41-98-35-33-94-7)28-16-30-97-38-40-101-46-48-105-54-56-109-62-64-113-70-72-117-76-74-115-68-66-111-60-58-107-52-50-103-44-42-99-36-34-95-8/h19-26,77-78H,9-18,27-76H2,1-8H3. The quantitative estimate of drug-likeness (QED) is 0.0375. The van der Waals surface area contributed by atoms with Crippen LogP contribution >= 0.6 is 0 Å². The van der Waals surface area contributed by atoms with Crippen molar-refractivity contribution in [1.82, 2.24) is 0 Å². The van der Waals surface area contributed by atoms with Gasteiger partial charge in [0, 0.05) is 45.7 Å². The van der Waals surface area contributed by atoms with E-state index in [9.17, 15) is 9.59 Å². The van der Waals surface area contributed by atoms with Gasteiger partial charge in [-0.15, -0.1) is 0 Å². The molecule has 1 aliphatic rings. The highest BCUT2D eigenvalue weighted by Crippen LogP contribution is 2.55. The summed E-state index contributed by atoms with van der Waals surface area (Å²) in [5.74, 6) is 1.25. The summed E-state index contributed by atoms with van der Waals surface area (Å²) >= 11 is 0. The minimum Gasteiger partial charge on any atom is -0.494 e. The van der Waals surface area contributed by atoms with Crippen LogP contribution < -0.4 is 9.47 Å². The summed E-state index contributed by atoms with van der Waals surface area (Å²) in [7, 11) is 3.29. The zero-order chi connectivity index (χ0) is 86.6. The van der Waals surface area contributed by atoms with Gasteiger partial charge in [-0.25, -0.2) is 0 Å². The van der Waals surface area contributed by atoms with Crippen LogP contribution in [0.3, 0.4) is 0 Å². The van der Waals surface area contributed by atoms with Crippen molar-refractivity contribution in [2.24, 2.45) is 0 Å². The number of carbonyl (C=O) groups is 2. The van der Waals surface area contributed by atoms with Crippen LogP contribution in [0.1, 0.15) is 130 Å². The Balaban J connectivity index is 1.18. The molecule has 3 aromatic carbocycles. The van der Waals surface area contributed by atoms with E-state index in [1.54, 1.807) is 14.2 Å². The Morgan fingerprint density at radius 3 is 0.744 bits per heavy atom. The highest BCUT2D eigenvalue weighted by atomic mass is 16.6. The van der Waals surface area contributed by atoms with E-state index in [0.29, 0.717) is 330 Å². The van der Waals surface area contributed by atoms with E-state index in [1.807, 2.05) is 53.7 Å². The van der Waals surface area contributed by atoms with E-state index in [0.717, 1.165) is 86.8 Å². The van der Waals surface area contributed by atoms with Crippen molar-refractivity contribution in [1.29, 1.82) is 0 Å². The Morgan fingerprint density at radius 2 is 0.471 bits per heavy atom.